The number of nitro groups is 1. The maximum Gasteiger partial charge on any atom is 0.271 e. The van der Waals surface area contributed by atoms with E-state index in [1.807, 2.05) is 0 Å². The van der Waals surface area contributed by atoms with Crippen LogP contribution in [0.25, 0.3) is 0 Å². The number of hydrogen-bond donors (Lipinski definition) is 1. The maximum absolute atomic E-state index is 12.3. The monoisotopic (exact) mass is 413 g/mol. The lowest BCUT2D eigenvalue weighted by molar-refractivity contribution is -0.384. The van der Waals surface area contributed by atoms with Gasteiger partial charge < -0.3 is 10.1 Å². The Hall–Kier alpha value is -2.85. The number of amides is 1. The highest BCUT2D eigenvalue weighted by molar-refractivity contribution is 7.92. The first-order valence-corrected chi connectivity index (χ1v) is 9.70. The molecule has 1 N–H and O–H groups in total. The molecule has 0 bridgehead atoms. The molecule has 0 aliphatic rings. The number of sulfonamides is 1. The van der Waals surface area contributed by atoms with Crippen molar-refractivity contribution in [1.82, 2.24) is 0 Å². The number of methoxy groups -OCH3 is 1. The Kier molecular flexibility index (Phi) is 6.24. The van der Waals surface area contributed by atoms with E-state index in [1.165, 1.54) is 49.6 Å². The van der Waals surface area contributed by atoms with Crippen molar-refractivity contribution in [1.29, 1.82) is 0 Å². The summed E-state index contributed by atoms with van der Waals surface area (Å²) in [5, 5.41) is 13.4. The van der Waals surface area contributed by atoms with Crippen LogP contribution in [0.2, 0.25) is 5.02 Å². The molecule has 9 nitrogen and oxygen atoms in total. The van der Waals surface area contributed by atoms with Gasteiger partial charge in [0.2, 0.25) is 15.9 Å². The van der Waals surface area contributed by atoms with Gasteiger partial charge in [-0.3, -0.25) is 19.2 Å². The van der Waals surface area contributed by atoms with Crippen molar-refractivity contribution in [3.8, 4) is 5.75 Å². The zero-order valence-electron chi connectivity index (χ0n) is 14.4. The molecule has 0 fully saturated rings. The lowest BCUT2D eigenvalue weighted by Gasteiger charge is -2.22. The molecular weight excluding hydrogens is 398 g/mol. The molecule has 0 heterocycles. The van der Waals surface area contributed by atoms with Crippen LogP contribution in [-0.4, -0.2) is 39.2 Å². The molecule has 0 aliphatic heterocycles. The minimum absolute atomic E-state index is 0.176. The number of halogens is 1. The third-order valence-corrected chi connectivity index (χ3v) is 4.89. The Morgan fingerprint density at radius 2 is 2.00 bits per heavy atom. The molecule has 144 valence electrons. The van der Waals surface area contributed by atoms with Gasteiger partial charge in [0.25, 0.3) is 5.69 Å². The number of rotatable bonds is 7. The molecule has 0 unspecified atom stereocenters. The van der Waals surface area contributed by atoms with Crippen LogP contribution in [0.15, 0.2) is 42.5 Å². The Morgan fingerprint density at radius 1 is 1.30 bits per heavy atom. The molecule has 27 heavy (non-hydrogen) atoms. The van der Waals surface area contributed by atoms with Crippen molar-refractivity contribution in [2.24, 2.45) is 0 Å². The molecule has 2 aromatic rings. The van der Waals surface area contributed by atoms with E-state index in [9.17, 15) is 23.3 Å². The van der Waals surface area contributed by atoms with Gasteiger partial charge in [0, 0.05) is 17.8 Å². The first-order chi connectivity index (χ1) is 12.6. The summed E-state index contributed by atoms with van der Waals surface area (Å²) in [7, 11) is -2.38. The van der Waals surface area contributed by atoms with E-state index in [0.717, 1.165) is 10.6 Å². The van der Waals surface area contributed by atoms with Crippen LogP contribution in [0.4, 0.5) is 17.1 Å². The van der Waals surface area contributed by atoms with Crippen LogP contribution in [0, 0.1) is 10.1 Å². The molecule has 0 radical (unpaired) electrons. The van der Waals surface area contributed by atoms with Crippen LogP contribution in [0.3, 0.4) is 0 Å². The second-order valence-electron chi connectivity index (χ2n) is 5.44. The van der Waals surface area contributed by atoms with Crippen molar-refractivity contribution in [3.63, 3.8) is 0 Å². The van der Waals surface area contributed by atoms with E-state index >= 15 is 0 Å². The van der Waals surface area contributed by atoms with Gasteiger partial charge in [-0.15, -0.1) is 0 Å². The molecule has 0 aliphatic carbocycles. The fourth-order valence-corrected chi connectivity index (χ4v) is 3.34. The normalized spacial score (nSPS) is 10.9. The number of nitro benzene ring substituents is 1. The minimum atomic E-state index is -3.80. The average molecular weight is 414 g/mol. The second kappa shape index (κ2) is 8.23. The van der Waals surface area contributed by atoms with E-state index in [1.54, 1.807) is 0 Å². The molecule has 2 aromatic carbocycles. The Bertz CT molecular complexity index is 980. The second-order valence-corrected chi connectivity index (χ2v) is 7.76. The lowest BCUT2D eigenvalue weighted by atomic mass is 10.2. The molecule has 1 amide bonds. The highest BCUT2D eigenvalue weighted by Crippen LogP contribution is 2.30. The highest BCUT2D eigenvalue weighted by Gasteiger charge is 2.22. The first-order valence-electron chi connectivity index (χ1n) is 7.47. The van der Waals surface area contributed by atoms with Crippen LogP contribution in [0.5, 0.6) is 5.75 Å². The Balaban J connectivity index is 2.24. The van der Waals surface area contributed by atoms with Gasteiger partial charge in [-0.1, -0.05) is 17.7 Å². The van der Waals surface area contributed by atoms with Gasteiger partial charge in [0.05, 0.1) is 29.0 Å². The van der Waals surface area contributed by atoms with Crippen LogP contribution >= 0.6 is 11.6 Å². The van der Waals surface area contributed by atoms with Crippen LogP contribution in [-0.2, 0) is 14.8 Å². The van der Waals surface area contributed by atoms with Gasteiger partial charge in [-0.2, -0.15) is 0 Å². The fraction of sp³-hybridized carbons (Fsp3) is 0.188. The summed E-state index contributed by atoms with van der Waals surface area (Å²) in [5.74, 6) is -0.317. The number of benzene rings is 2. The predicted molar refractivity (Wildman–Crippen MR) is 102 cm³/mol. The number of ether oxygens (including phenoxy) is 1. The number of anilines is 2. The van der Waals surface area contributed by atoms with E-state index in [4.69, 9.17) is 16.3 Å². The zero-order chi connectivity index (χ0) is 20.2. The van der Waals surface area contributed by atoms with Gasteiger partial charge in [-0.05, 0) is 24.3 Å². The largest absolute Gasteiger partial charge is 0.495 e. The zero-order valence-corrected chi connectivity index (χ0v) is 16.0. The molecule has 0 saturated heterocycles. The number of nitrogens with zero attached hydrogens (tertiary/aromatic N) is 2. The SMILES string of the molecule is COc1ccc(N(CC(=O)Nc2cccc([N+](=O)[O-])c2)S(C)(=O)=O)cc1Cl. The van der Waals surface area contributed by atoms with Crippen molar-refractivity contribution in [3.05, 3.63) is 57.6 Å². The maximum atomic E-state index is 12.3. The summed E-state index contributed by atoms with van der Waals surface area (Å²) in [4.78, 5) is 22.5. The number of non-ortho nitro benzene ring substituents is 1. The smallest absolute Gasteiger partial charge is 0.271 e. The minimum Gasteiger partial charge on any atom is -0.495 e. The van der Waals surface area contributed by atoms with Crippen molar-refractivity contribution in [2.75, 3.05) is 29.5 Å². The van der Waals surface area contributed by atoms with Crippen molar-refractivity contribution in [2.45, 2.75) is 0 Å². The number of carbonyl (C=O) groups excluding carboxylic acids is 1. The van der Waals surface area contributed by atoms with Gasteiger partial charge in [0.1, 0.15) is 12.3 Å². The third-order valence-electron chi connectivity index (χ3n) is 3.45. The number of carbonyl (C=O) groups is 1. The average Bonchev–Trinajstić information content (AvgIpc) is 2.59. The third kappa shape index (κ3) is 5.31. The molecule has 0 saturated carbocycles. The topological polar surface area (TPSA) is 119 Å². The van der Waals surface area contributed by atoms with E-state index < -0.39 is 27.4 Å². The molecule has 0 aromatic heterocycles. The molecule has 0 atom stereocenters. The Labute approximate surface area is 160 Å². The summed E-state index contributed by atoms with van der Waals surface area (Å²) in [6.07, 6.45) is 0.950. The summed E-state index contributed by atoms with van der Waals surface area (Å²) in [6, 6.07) is 9.61. The summed E-state index contributed by atoms with van der Waals surface area (Å²) in [5.41, 5.74) is 0.155. The van der Waals surface area contributed by atoms with E-state index in [2.05, 4.69) is 5.32 Å². The number of hydrogen-bond acceptors (Lipinski definition) is 6. The standard InChI is InChI=1S/C16H16ClN3O6S/c1-26-15-7-6-12(9-14(15)17)19(27(2,24)25)10-16(21)18-11-4-3-5-13(8-11)20(22)23/h3-9H,10H2,1-2H3,(H,18,21). The number of nitrogens with one attached hydrogen (secondary N) is 1. The summed E-state index contributed by atoms with van der Waals surface area (Å²) < 4.78 is 30.1. The van der Waals surface area contributed by atoms with E-state index in [0.29, 0.717) is 5.75 Å². The predicted octanol–water partition coefficient (Wildman–Crippen LogP) is 2.66. The summed E-state index contributed by atoms with van der Waals surface area (Å²) >= 11 is 6.03. The van der Waals surface area contributed by atoms with Crippen molar-refractivity contribution >= 4 is 44.6 Å². The highest BCUT2D eigenvalue weighted by atomic mass is 35.5. The quantitative estimate of drug-likeness (QED) is 0.550. The first kappa shape index (κ1) is 20.5. The Morgan fingerprint density at radius 3 is 2.56 bits per heavy atom. The van der Waals surface area contributed by atoms with E-state index in [-0.39, 0.29) is 22.1 Å². The molecular formula is C16H16ClN3O6S. The van der Waals surface area contributed by atoms with Crippen LogP contribution < -0.4 is 14.4 Å². The van der Waals surface area contributed by atoms with Crippen molar-refractivity contribution < 1.29 is 22.9 Å². The van der Waals surface area contributed by atoms with Gasteiger partial charge in [-0.25, -0.2) is 8.42 Å². The molecule has 11 heteroatoms. The van der Waals surface area contributed by atoms with Crippen LogP contribution in [0.1, 0.15) is 0 Å². The molecule has 2 rings (SSSR count). The van der Waals surface area contributed by atoms with Gasteiger partial charge >= 0.3 is 0 Å². The summed E-state index contributed by atoms with van der Waals surface area (Å²) in [6.45, 7) is -0.538. The fourth-order valence-electron chi connectivity index (χ4n) is 2.24. The lowest BCUT2D eigenvalue weighted by Crippen LogP contribution is -2.37. The van der Waals surface area contributed by atoms with Gasteiger partial charge in [0.15, 0.2) is 0 Å². The molecule has 0 spiro atoms.